The van der Waals surface area contributed by atoms with E-state index in [1.165, 1.54) is 5.56 Å². The Morgan fingerprint density at radius 3 is 2.74 bits per heavy atom. The lowest BCUT2D eigenvalue weighted by Gasteiger charge is -2.35. The highest BCUT2D eigenvalue weighted by Gasteiger charge is 2.28. The van der Waals surface area contributed by atoms with E-state index in [1.54, 1.807) is 25.7 Å². The van der Waals surface area contributed by atoms with Gasteiger partial charge in [-0.15, -0.1) is 0 Å². The average Bonchev–Trinajstić information content (AvgIpc) is 2.43. The Balaban J connectivity index is 1.96. The highest BCUT2D eigenvalue weighted by Crippen LogP contribution is 2.31. The zero-order chi connectivity index (χ0) is 17.2. The lowest BCUT2D eigenvalue weighted by molar-refractivity contribution is -0.132. The first-order valence-corrected chi connectivity index (χ1v) is 8.10. The number of carbonyl (C=O) groups excluding carboxylic acids is 2. The number of alkyl carbamates (subject to hydrolysis) is 1. The van der Waals surface area contributed by atoms with Crippen molar-refractivity contribution in [1.29, 1.82) is 0 Å². The van der Waals surface area contributed by atoms with E-state index in [1.807, 2.05) is 25.1 Å². The Labute approximate surface area is 141 Å². The molecule has 1 aliphatic rings. The number of hydrogen-bond donors (Lipinski definition) is 1. The van der Waals surface area contributed by atoms with E-state index in [0.29, 0.717) is 11.6 Å². The number of benzene rings is 1. The molecule has 126 valence electrons. The maximum Gasteiger partial charge on any atom is 0.408 e. The molecule has 23 heavy (non-hydrogen) atoms. The maximum absolute atomic E-state index is 12.4. The maximum atomic E-state index is 12.4. The molecule has 1 aliphatic heterocycles. The van der Waals surface area contributed by atoms with Crippen molar-refractivity contribution in [2.45, 2.75) is 45.8 Å². The minimum atomic E-state index is -0.581. The van der Waals surface area contributed by atoms with Crippen LogP contribution in [0.5, 0.6) is 0 Å². The molecule has 1 aromatic carbocycles. The molecule has 0 radical (unpaired) electrons. The van der Waals surface area contributed by atoms with Crippen LogP contribution in [0.15, 0.2) is 18.2 Å². The van der Waals surface area contributed by atoms with Crippen LogP contribution in [0.25, 0.3) is 0 Å². The fraction of sp³-hybridized carbons (Fsp3) is 0.529. The van der Waals surface area contributed by atoms with Crippen LogP contribution in [0.1, 0.15) is 44.9 Å². The monoisotopic (exact) mass is 338 g/mol. The third-order valence-electron chi connectivity index (χ3n) is 3.75. The SMILES string of the molecule is C[C@H]1c2ccc(Cl)cc2CCN1C(=O)CNC(=O)OC(C)(C)C. The zero-order valence-electron chi connectivity index (χ0n) is 14.0. The molecular weight excluding hydrogens is 316 g/mol. The zero-order valence-corrected chi connectivity index (χ0v) is 14.7. The molecule has 6 heteroatoms. The van der Waals surface area contributed by atoms with Crippen LogP contribution in [0.4, 0.5) is 4.79 Å². The minimum absolute atomic E-state index is 0.0380. The van der Waals surface area contributed by atoms with E-state index in [-0.39, 0.29) is 18.5 Å². The number of amides is 2. The average molecular weight is 339 g/mol. The van der Waals surface area contributed by atoms with Gasteiger partial charge in [-0.1, -0.05) is 17.7 Å². The Kier molecular flexibility index (Phi) is 5.19. The van der Waals surface area contributed by atoms with Crippen molar-refractivity contribution < 1.29 is 14.3 Å². The number of ether oxygens (including phenoxy) is 1. The molecule has 0 aromatic heterocycles. The van der Waals surface area contributed by atoms with Crippen molar-refractivity contribution in [2.75, 3.05) is 13.1 Å². The van der Waals surface area contributed by atoms with Gasteiger partial charge in [0.05, 0.1) is 6.04 Å². The predicted octanol–water partition coefficient (Wildman–Crippen LogP) is 3.31. The molecule has 0 saturated carbocycles. The van der Waals surface area contributed by atoms with Gasteiger partial charge in [-0.25, -0.2) is 4.79 Å². The van der Waals surface area contributed by atoms with Crippen LogP contribution in [-0.2, 0) is 16.0 Å². The molecule has 0 spiro atoms. The number of hydrogen-bond acceptors (Lipinski definition) is 3. The molecule has 1 aromatic rings. The Hall–Kier alpha value is -1.75. The van der Waals surface area contributed by atoms with Gasteiger partial charge in [0.15, 0.2) is 0 Å². The number of nitrogens with one attached hydrogen (secondary N) is 1. The topological polar surface area (TPSA) is 58.6 Å². The summed E-state index contributed by atoms with van der Waals surface area (Å²) in [7, 11) is 0. The van der Waals surface area contributed by atoms with Gasteiger partial charge in [0.2, 0.25) is 5.91 Å². The van der Waals surface area contributed by atoms with E-state index >= 15 is 0 Å². The molecule has 0 saturated heterocycles. The molecule has 1 heterocycles. The van der Waals surface area contributed by atoms with E-state index in [9.17, 15) is 9.59 Å². The number of rotatable bonds is 2. The number of fused-ring (bicyclic) bond motifs is 1. The second-order valence-corrected chi connectivity index (χ2v) is 7.15. The third-order valence-corrected chi connectivity index (χ3v) is 3.98. The van der Waals surface area contributed by atoms with Crippen molar-refractivity contribution >= 4 is 23.6 Å². The van der Waals surface area contributed by atoms with Crippen LogP contribution in [0.2, 0.25) is 5.02 Å². The van der Waals surface area contributed by atoms with Crippen LogP contribution < -0.4 is 5.32 Å². The summed E-state index contributed by atoms with van der Waals surface area (Å²) < 4.78 is 5.14. The fourth-order valence-corrected chi connectivity index (χ4v) is 2.90. The molecule has 0 fully saturated rings. The largest absolute Gasteiger partial charge is 0.444 e. The first-order valence-electron chi connectivity index (χ1n) is 7.72. The summed E-state index contributed by atoms with van der Waals surface area (Å²) in [4.78, 5) is 25.8. The smallest absolute Gasteiger partial charge is 0.408 e. The summed E-state index contributed by atoms with van der Waals surface area (Å²) in [6.45, 7) is 7.87. The van der Waals surface area contributed by atoms with Crippen molar-refractivity contribution in [3.8, 4) is 0 Å². The summed E-state index contributed by atoms with van der Waals surface area (Å²) in [6, 6.07) is 5.71. The third kappa shape index (κ3) is 4.61. The highest BCUT2D eigenvalue weighted by molar-refractivity contribution is 6.30. The fourth-order valence-electron chi connectivity index (χ4n) is 2.71. The second kappa shape index (κ2) is 6.79. The molecule has 5 nitrogen and oxygen atoms in total. The molecule has 2 amide bonds. The quantitative estimate of drug-likeness (QED) is 0.900. The second-order valence-electron chi connectivity index (χ2n) is 6.71. The van der Waals surface area contributed by atoms with E-state index in [0.717, 1.165) is 12.0 Å². The van der Waals surface area contributed by atoms with Crippen LogP contribution >= 0.6 is 11.6 Å². The number of halogens is 1. The van der Waals surface area contributed by atoms with Crippen molar-refractivity contribution in [2.24, 2.45) is 0 Å². The first-order chi connectivity index (χ1) is 10.7. The van der Waals surface area contributed by atoms with Gasteiger partial charge < -0.3 is 15.0 Å². The van der Waals surface area contributed by atoms with Gasteiger partial charge in [-0.3, -0.25) is 4.79 Å². The predicted molar refractivity (Wildman–Crippen MR) is 89.5 cm³/mol. The van der Waals surface area contributed by atoms with Crippen LogP contribution in [0, 0.1) is 0 Å². The van der Waals surface area contributed by atoms with E-state index in [2.05, 4.69) is 5.32 Å². The van der Waals surface area contributed by atoms with Crippen LogP contribution in [-0.4, -0.2) is 35.6 Å². The lowest BCUT2D eigenvalue weighted by Crippen LogP contribution is -2.45. The van der Waals surface area contributed by atoms with Crippen LogP contribution in [0.3, 0.4) is 0 Å². The first kappa shape index (κ1) is 17.6. The molecule has 0 aliphatic carbocycles. The van der Waals surface area contributed by atoms with Gasteiger partial charge in [0.1, 0.15) is 12.1 Å². The Morgan fingerprint density at radius 2 is 2.09 bits per heavy atom. The molecule has 0 bridgehead atoms. The van der Waals surface area contributed by atoms with Gasteiger partial charge in [-0.2, -0.15) is 0 Å². The molecule has 1 atom stereocenters. The van der Waals surface area contributed by atoms with Crippen molar-refractivity contribution in [3.63, 3.8) is 0 Å². The Bertz CT molecular complexity index is 610. The number of carbonyl (C=O) groups is 2. The van der Waals surface area contributed by atoms with Gasteiger partial charge in [0.25, 0.3) is 0 Å². The molecule has 1 N–H and O–H groups in total. The van der Waals surface area contributed by atoms with Gasteiger partial charge in [-0.05, 0) is 57.4 Å². The summed E-state index contributed by atoms with van der Waals surface area (Å²) in [5, 5.41) is 3.23. The summed E-state index contributed by atoms with van der Waals surface area (Å²) >= 11 is 6.02. The normalized spacial score (nSPS) is 17.4. The standard InChI is InChI=1S/C17H23ClN2O3/c1-11-14-6-5-13(18)9-12(14)7-8-20(11)15(21)10-19-16(22)23-17(2,3)4/h5-6,9,11H,7-8,10H2,1-4H3,(H,19,22)/t11-/m0/s1. The van der Waals surface area contributed by atoms with Crippen molar-refractivity contribution in [1.82, 2.24) is 10.2 Å². The molecule has 2 rings (SSSR count). The van der Waals surface area contributed by atoms with Gasteiger partial charge in [0, 0.05) is 11.6 Å². The lowest BCUT2D eigenvalue weighted by atomic mass is 9.93. The summed E-state index contributed by atoms with van der Waals surface area (Å²) in [5.74, 6) is -0.121. The minimum Gasteiger partial charge on any atom is -0.444 e. The van der Waals surface area contributed by atoms with Gasteiger partial charge >= 0.3 is 6.09 Å². The van der Waals surface area contributed by atoms with E-state index < -0.39 is 11.7 Å². The van der Waals surface area contributed by atoms with E-state index in [4.69, 9.17) is 16.3 Å². The molecular formula is C17H23ClN2O3. The number of nitrogens with zero attached hydrogens (tertiary/aromatic N) is 1. The highest BCUT2D eigenvalue weighted by atomic mass is 35.5. The summed E-state index contributed by atoms with van der Waals surface area (Å²) in [5.41, 5.74) is 1.70. The Morgan fingerprint density at radius 1 is 1.39 bits per heavy atom. The molecule has 0 unspecified atom stereocenters. The van der Waals surface area contributed by atoms with Crippen molar-refractivity contribution in [3.05, 3.63) is 34.3 Å². The summed E-state index contributed by atoms with van der Waals surface area (Å²) in [6.07, 6.45) is 0.181.